The summed E-state index contributed by atoms with van der Waals surface area (Å²) in [5.74, 6) is 1.90. The zero-order valence-electron chi connectivity index (χ0n) is 19.3. The Morgan fingerprint density at radius 1 is 1.06 bits per heavy atom. The molecule has 0 aliphatic carbocycles. The Morgan fingerprint density at radius 3 is 2.53 bits per heavy atom. The van der Waals surface area contributed by atoms with Gasteiger partial charge in [0.15, 0.2) is 5.82 Å². The molecule has 1 aromatic carbocycles. The van der Waals surface area contributed by atoms with Gasteiger partial charge in [-0.3, -0.25) is 9.69 Å². The fourth-order valence-electron chi connectivity index (χ4n) is 4.32. The number of benzene rings is 1. The molecule has 0 N–H and O–H groups in total. The molecule has 5 rings (SSSR count). The van der Waals surface area contributed by atoms with Crippen molar-refractivity contribution >= 4 is 5.91 Å². The van der Waals surface area contributed by atoms with Gasteiger partial charge in [0.25, 0.3) is 5.91 Å². The van der Waals surface area contributed by atoms with E-state index in [9.17, 15) is 4.79 Å². The maximum Gasteiger partial charge on any atom is 0.257 e. The number of carbonyl (C=O) groups is 1. The van der Waals surface area contributed by atoms with Crippen molar-refractivity contribution in [2.75, 3.05) is 26.2 Å². The molecule has 3 aromatic heterocycles. The fraction of sp³-hybridized carbons (Fsp3) is 0.320. The second-order valence-electron chi connectivity index (χ2n) is 8.28. The summed E-state index contributed by atoms with van der Waals surface area (Å²) in [7, 11) is 0. The van der Waals surface area contributed by atoms with Crippen LogP contribution in [-0.4, -0.2) is 66.8 Å². The van der Waals surface area contributed by atoms with Crippen molar-refractivity contribution in [2.45, 2.75) is 26.3 Å². The van der Waals surface area contributed by atoms with E-state index in [-0.39, 0.29) is 11.9 Å². The van der Waals surface area contributed by atoms with Gasteiger partial charge in [-0.25, -0.2) is 9.67 Å². The van der Waals surface area contributed by atoms with Crippen LogP contribution in [0.3, 0.4) is 0 Å². The Hall–Kier alpha value is -3.85. The van der Waals surface area contributed by atoms with Crippen LogP contribution in [-0.2, 0) is 6.42 Å². The molecule has 1 aliphatic rings. The molecule has 34 heavy (non-hydrogen) atoms. The molecule has 0 spiro atoms. The molecule has 1 fully saturated rings. The molecule has 1 unspecified atom stereocenters. The Balaban J connectivity index is 1.25. The highest BCUT2D eigenvalue weighted by Crippen LogP contribution is 2.24. The molecule has 0 saturated carbocycles. The lowest BCUT2D eigenvalue weighted by Crippen LogP contribution is -2.49. The summed E-state index contributed by atoms with van der Waals surface area (Å²) in [6.45, 7) is 6.80. The second kappa shape index (κ2) is 9.56. The largest absolute Gasteiger partial charge is 0.337 e. The molecular weight excluding hydrogens is 430 g/mol. The van der Waals surface area contributed by atoms with Crippen LogP contribution >= 0.6 is 0 Å². The topological polar surface area (TPSA) is 93.2 Å². The Kier molecular flexibility index (Phi) is 6.18. The van der Waals surface area contributed by atoms with Crippen molar-refractivity contribution in [2.24, 2.45) is 0 Å². The lowest BCUT2D eigenvalue weighted by atomic mass is 10.1. The van der Waals surface area contributed by atoms with Crippen LogP contribution in [0.2, 0.25) is 0 Å². The van der Waals surface area contributed by atoms with E-state index in [1.807, 2.05) is 60.4 Å². The lowest BCUT2D eigenvalue weighted by molar-refractivity contribution is 0.0550. The SMILES string of the molecule is CCc1c(C(=O)N2CCN(C(C)c3nc(-c4ccccc4)no3)CC2)cnn1-c1ccccn1. The maximum absolute atomic E-state index is 13.3. The fourth-order valence-corrected chi connectivity index (χ4v) is 4.32. The quantitative estimate of drug-likeness (QED) is 0.438. The molecule has 9 nitrogen and oxygen atoms in total. The minimum atomic E-state index is -0.0275. The van der Waals surface area contributed by atoms with E-state index in [4.69, 9.17) is 4.52 Å². The van der Waals surface area contributed by atoms with Crippen molar-refractivity contribution in [3.05, 3.63) is 78.1 Å². The summed E-state index contributed by atoms with van der Waals surface area (Å²) in [6, 6.07) is 15.4. The van der Waals surface area contributed by atoms with Crippen LogP contribution in [0, 0.1) is 0 Å². The number of hydrogen-bond acceptors (Lipinski definition) is 7. The first-order valence-electron chi connectivity index (χ1n) is 11.6. The third-order valence-electron chi connectivity index (χ3n) is 6.28. The highest BCUT2D eigenvalue weighted by atomic mass is 16.5. The van der Waals surface area contributed by atoms with E-state index >= 15 is 0 Å². The summed E-state index contributed by atoms with van der Waals surface area (Å²) in [6.07, 6.45) is 4.08. The first kappa shape index (κ1) is 22.0. The molecule has 174 valence electrons. The summed E-state index contributed by atoms with van der Waals surface area (Å²) in [4.78, 5) is 26.5. The summed E-state index contributed by atoms with van der Waals surface area (Å²) in [5.41, 5.74) is 2.44. The monoisotopic (exact) mass is 457 g/mol. The minimum absolute atomic E-state index is 0.00971. The van der Waals surface area contributed by atoms with Gasteiger partial charge in [-0.1, -0.05) is 48.5 Å². The molecule has 4 heterocycles. The van der Waals surface area contributed by atoms with E-state index in [1.54, 1.807) is 17.1 Å². The highest BCUT2D eigenvalue weighted by Gasteiger charge is 2.30. The molecule has 1 atom stereocenters. The smallest absolute Gasteiger partial charge is 0.257 e. The van der Waals surface area contributed by atoms with E-state index in [2.05, 4.69) is 32.0 Å². The van der Waals surface area contributed by atoms with Gasteiger partial charge in [-0.05, 0) is 25.5 Å². The number of pyridine rings is 1. The Labute approximate surface area is 198 Å². The van der Waals surface area contributed by atoms with Crippen molar-refractivity contribution in [1.29, 1.82) is 0 Å². The van der Waals surface area contributed by atoms with Gasteiger partial charge >= 0.3 is 0 Å². The number of carbonyl (C=O) groups excluding carboxylic acids is 1. The zero-order valence-corrected chi connectivity index (χ0v) is 19.3. The Bertz CT molecular complexity index is 1240. The number of aromatic nitrogens is 5. The number of rotatable bonds is 6. The predicted molar refractivity (Wildman–Crippen MR) is 126 cm³/mol. The average Bonchev–Trinajstić information content (AvgIpc) is 3.57. The van der Waals surface area contributed by atoms with E-state index in [0.29, 0.717) is 42.6 Å². The van der Waals surface area contributed by atoms with Crippen molar-refractivity contribution in [3.63, 3.8) is 0 Å². The standard InChI is InChI=1S/C25H27N7O2/c1-3-21-20(17-27-32(21)22-11-7-8-12-26-22)25(33)31-15-13-30(14-16-31)18(2)24-28-23(29-34-24)19-9-5-4-6-10-19/h4-12,17-18H,3,13-16H2,1-2H3. The molecule has 1 saturated heterocycles. The molecule has 4 aromatic rings. The van der Waals surface area contributed by atoms with Gasteiger partial charge in [-0.15, -0.1) is 0 Å². The predicted octanol–water partition coefficient (Wildman–Crippen LogP) is 3.40. The maximum atomic E-state index is 13.3. The molecule has 0 radical (unpaired) electrons. The molecule has 1 amide bonds. The summed E-state index contributed by atoms with van der Waals surface area (Å²) >= 11 is 0. The third-order valence-corrected chi connectivity index (χ3v) is 6.28. The van der Waals surface area contributed by atoms with Crippen molar-refractivity contribution in [3.8, 4) is 17.2 Å². The van der Waals surface area contributed by atoms with Crippen LogP contribution < -0.4 is 0 Å². The zero-order chi connectivity index (χ0) is 23.5. The average molecular weight is 458 g/mol. The van der Waals surface area contributed by atoms with E-state index in [1.165, 1.54) is 0 Å². The summed E-state index contributed by atoms with van der Waals surface area (Å²) < 4.78 is 7.31. The van der Waals surface area contributed by atoms with Crippen LogP contribution in [0.5, 0.6) is 0 Å². The van der Waals surface area contributed by atoms with Crippen LogP contribution in [0.15, 0.2) is 65.4 Å². The van der Waals surface area contributed by atoms with Crippen molar-refractivity contribution < 1.29 is 9.32 Å². The van der Waals surface area contributed by atoms with Gasteiger partial charge in [0, 0.05) is 37.9 Å². The van der Waals surface area contributed by atoms with Crippen LogP contribution in [0.1, 0.15) is 41.8 Å². The van der Waals surface area contributed by atoms with Crippen molar-refractivity contribution in [1.82, 2.24) is 34.7 Å². The molecule has 0 bridgehead atoms. The van der Waals surface area contributed by atoms with Crippen LogP contribution in [0.25, 0.3) is 17.2 Å². The van der Waals surface area contributed by atoms with Gasteiger partial charge in [0.05, 0.1) is 23.5 Å². The van der Waals surface area contributed by atoms with Gasteiger partial charge < -0.3 is 9.42 Å². The molecule has 1 aliphatic heterocycles. The minimum Gasteiger partial charge on any atom is -0.337 e. The first-order chi connectivity index (χ1) is 16.7. The van der Waals surface area contributed by atoms with Gasteiger partial charge in [-0.2, -0.15) is 10.1 Å². The highest BCUT2D eigenvalue weighted by molar-refractivity contribution is 5.95. The number of piperazine rings is 1. The van der Waals surface area contributed by atoms with Crippen LogP contribution in [0.4, 0.5) is 0 Å². The first-order valence-corrected chi connectivity index (χ1v) is 11.6. The normalized spacial score (nSPS) is 15.4. The summed E-state index contributed by atoms with van der Waals surface area (Å²) in [5, 5.41) is 8.59. The number of nitrogens with zero attached hydrogens (tertiary/aromatic N) is 7. The van der Waals surface area contributed by atoms with E-state index in [0.717, 1.165) is 24.3 Å². The molecule has 9 heteroatoms. The Morgan fingerprint density at radius 2 is 1.82 bits per heavy atom. The lowest BCUT2D eigenvalue weighted by Gasteiger charge is -2.36. The third kappa shape index (κ3) is 4.22. The number of hydrogen-bond donors (Lipinski definition) is 0. The molecular formula is C25H27N7O2. The number of amides is 1. The second-order valence-corrected chi connectivity index (χ2v) is 8.28. The van der Waals surface area contributed by atoms with E-state index < -0.39 is 0 Å². The van der Waals surface area contributed by atoms with Gasteiger partial charge in [0.1, 0.15) is 0 Å². The van der Waals surface area contributed by atoms with Gasteiger partial charge in [0.2, 0.25) is 11.7 Å².